The van der Waals surface area contributed by atoms with Gasteiger partial charge >= 0.3 is 0 Å². The SMILES string of the molecule is CCCS(=O)(=O)NC(=O)c1cc2c(C(C)C)nn(C)c2s1. The van der Waals surface area contributed by atoms with Gasteiger partial charge in [0.25, 0.3) is 5.91 Å². The number of carbonyl (C=O) groups excluding carboxylic acids is 1. The molecule has 0 radical (unpaired) electrons. The second-order valence-electron chi connectivity index (χ2n) is 5.24. The van der Waals surface area contributed by atoms with E-state index in [0.717, 1.165) is 15.9 Å². The summed E-state index contributed by atoms with van der Waals surface area (Å²) in [5, 5.41) is 5.34. The molecule has 21 heavy (non-hydrogen) atoms. The Kier molecular flexibility index (Phi) is 4.38. The van der Waals surface area contributed by atoms with E-state index in [1.165, 1.54) is 11.3 Å². The van der Waals surface area contributed by atoms with Gasteiger partial charge in [0.2, 0.25) is 10.0 Å². The van der Waals surface area contributed by atoms with Crippen LogP contribution in [0, 0.1) is 0 Å². The zero-order valence-electron chi connectivity index (χ0n) is 12.5. The topological polar surface area (TPSA) is 81.1 Å². The Balaban J connectivity index is 2.35. The Morgan fingerprint density at radius 1 is 1.48 bits per heavy atom. The molecule has 0 aliphatic carbocycles. The minimum atomic E-state index is -3.55. The van der Waals surface area contributed by atoms with Gasteiger partial charge in [-0.05, 0) is 18.4 Å². The number of aromatic nitrogens is 2. The van der Waals surface area contributed by atoms with Crippen LogP contribution >= 0.6 is 11.3 Å². The molecule has 2 rings (SSSR count). The highest BCUT2D eigenvalue weighted by Crippen LogP contribution is 2.31. The highest BCUT2D eigenvalue weighted by Gasteiger charge is 2.21. The average molecular weight is 329 g/mol. The lowest BCUT2D eigenvalue weighted by molar-refractivity contribution is 0.0985. The number of nitrogens with one attached hydrogen (secondary N) is 1. The maximum atomic E-state index is 12.1. The third kappa shape index (κ3) is 3.26. The fourth-order valence-electron chi connectivity index (χ4n) is 2.12. The molecule has 0 unspecified atom stereocenters. The van der Waals surface area contributed by atoms with Gasteiger partial charge in [0.15, 0.2) is 0 Å². The smallest absolute Gasteiger partial charge is 0.267 e. The van der Waals surface area contributed by atoms with Crippen LogP contribution < -0.4 is 4.72 Å². The number of aryl methyl sites for hydroxylation is 1. The van der Waals surface area contributed by atoms with E-state index in [-0.39, 0.29) is 11.7 Å². The van der Waals surface area contributed by atoms with Gasteiger partial charge in [-0.3, -0.25) is 9.48 Å². The van der Waals surface area contributed by atoms with Gasteiger partial charge in [-0.1, -0.05) is 20.8 Å². The summed E-state index contributed by atoms with van der Waals surface area (Å²) < 4.78 is 27.2. The van der Waals surface area contributed by atoms with Crippen LogP contribution in [0.2, 0.25) is 0 Å². The van der Waals surface area contributed by atoms with Crippen molar-refractivity contribution in [3.8, 4) is 0 Å². The second kappa shape index (κ2) is 5.76. The molecule has 0 bridgehead atoms. The third-order valence-corrected chi connectivity index (χ3v) is 5.67. The minimum absolute atomic E-state index is 0.0531. The van der Waals surface area contributed by atoms with E-state index in [9.17, 15) is 13.2 Å². The molecule has 2 aromatic rings. The van der Waals surface area contributed by atoms with Gasteiger partial charge < -0.3 is 0 Å². The predicted octanol–water partition coefficient (Wildman–Crippen LogP) is 2.23. The van der Waals surface area contributed by atoms with Crippen molar-refractivity contribution in [1.29, 1.82) is 0 Å². The lowest BCUT2D eigenvalue weighted by atomic mass is 10.1. The number of nitrogens with zero attached hydrogens (tertiary/aromatic N) is 2. The molecule has 0 saturated carbocycles. The molecule has 0 fully saturated rings. The van der Waals surface area contributed by atoms with E-state index >= 15 is 0 Å². The average Bonchev–Trinajstić information content (AvgIpc) is 2.89. The Labute approximate surface area is 128 Å². The fraction of sp³-hybridized carbons (Fsp3) is 0.538. The van der Waals surface area contributed by atoms with Crippen molar-refractivity contribution in [2.45, 2.75) is 33.1 Å². The van der Waals surface area contributed by atoms with Gasteiger partial charge in [0.1, 0.15) is 4.83 Å². The fourth-order valence-corrected chi connectivity index (χ4v) is 4.19. The van der Waals surface area contributed by atoms with Crippen molar-refractivity contribution >= 4 is 37.5 Å². The quantitative estimate of drug-likeness (QED) is 0.912. The summed E-state index contributed by atoms with van der Waals surface area (Å²) in [6.07, 6.45) is 0.469. The van der Waals surface area contributed by atoms with Gasteiger partial charge in [-0.25, -0.2) is 13.1 Å². The number of hydrogen-bond acceptors (Lipinski definition) is 5. The highest BCUT2D eigenvalue weighted by molar-refractivity contribution is 7.90. The van der Waals surface area contributed by atoms with Gasteiger partial charge in [-0.15, -0.1) is 11.3 Å². The molecule has 0 aromatic carbocycles. The van der Waals surface area contributed by atoms with Crippen molar-refractivity contribution in [3.63, 3.8) is 0 Å². The molecule has 0 spiro atoms. The maximum absolute atomic E-state index is 12.1. The molecule has 0 atom stereocenters. The van der Waals surface area contributed by atoms with E-state index in [4.69, 9.17) is 0 Å². The van der Waals surface area contributed by atoms with Gasteiger partial charge in [0.05, 0.1) is 16.3 Å². The molecule has 0 aliphatic heterocycles. The first-order valence-electron chi connectivity index (χ1n) is 6.76. The number of thiophene rings is 1. The van der Waals surface area contributed by atoms with E-state index in [1.807, 2.05) is 20.9 Å². The van der Waals surface area contributed by atoms with Crippen LogP contribution in [-0.2, 0) is 17.1 Å². The van der Waals surface area contributed by atoms with Crippen molar-refractivity contribution in [1.82, 2.24) is 14.5 Å². The Hall–Kier alpha value is -1.41. The second-order valence-corrected chi connectivity index (χ2v) is 8.12. The van der Waals surface area contributed by atoms with Crippen molar-refractivity contribution in [3.05, 3.63) is 16.6 Å². The first-order valence-corrected chi connectivity index (χ1v) is 9.23. The summed E-state index contributed by atoms with van der Waals surface area (Å²) >= 11 is 1.25. The molecule has 8 heteroatoms. The van der Waals surface area contributed by atoms with E-state index in [1.54, 1.807) is 17.7 Å². The number of hydrogen-bond donors (Lipinski definition) is 1. The van der Waals surface area contributed by atoms with E-state index in [0.29, 0.717) is 11.3 Å². The number of rotatable bonds is 5. The normalized spacial score (nSPS) is 12.2. The molecule has 1 amide bonds. The van der Waals surface area contributed by atoms with Crippen molar-refractivity contribution in [2.75, 3.05) is 5.75 Å². The predicted molar refractivity (Wildman–Crippen MR) is 84.2 cm³/mol. The van der Waals surface area contributed by atoms with E-state index in [2.05, 4.69) is 9.82 Å². The summed E-state index contributed by atoms with van der Waals surface area (Å²) in [5.74, 6) is -0.384. The number of sulfonamides is 1. The molecule has 0 aliphatic rings. The van der Waals surface area contributed by atoms with E-state index < -0.39 is 15.9 Å². The Morgan fingerprint density at radius 2 is 2.14 bits per heavy atom. The first-order chi connectivity index (χ1) is 9.75. The first kappa shape index (κ1) is 16.0. The molecule has 6 nitrogen and oxygen atoms in total. The van der Waals surface area contributed by atoms with Crippen LogP contribution in [0.5, 0.6) is 0 Å². The molecular formula is C13H19N3O3S2. The largest absolute Gasteiger partial charge is 0.274 e. The van der Waals surface area contributed by atoms with Crippen LogP contribution in [0.15, 0.2) is 6.07 Å². The zero-order valence-corrected chi connectivity index (χ0v) is 14.1. The van der Waals surface area contributed by atoms with Crippen LogP contribution in [-0.4, -0.2) is 29.9 Å². The maximum Gasteiger partial charge on any atom is 0.274 e. The van der Waals surface area contributed by atoms with Crippen LogP contribution in [0.1, 0.15) is 48.5 Å². The summed E-state index contributed by atoms with van der Waals surface area (Å²) in [4.78, 5) is 13.3. The number of amides is 1. The van der Waals surface area contributed by atoms with Gasteiger partial charge in [-0.2, -0.15) is 5.10 Å². The van der Waals surface area contributed by atoms with Crippen molar-refractivity contribution < 1.29 is 13.2 Å². The van der Waals surface area contributed by atoms with Crippen LogP contribution in [0.25, 0.3) is 10.2 Å². The Bertz CT molecular complexity index is 772. The molecule has 0 saturated heterocycles. The zero-order chi connectivity index (χ0) is 15.8. The van der Waals surface area contributed by atoms with Gasteiger partial charge in [0, 0.05) is 12.4 Å². The summed E-state index contributed by atoms with van der Waals surface area (Å²) in [6, 6.07) is 1.72. The molecule has 2 heterocycles. The summed E-state index contributed by atoms with van der Waals surface area (Å²) in [7, 11) is -1.73. The number of carbonyl (C=O) groups is 1. The molecule has 1 N–H and O–H groups in total. The van der Waals surface area contributed by atoms with Crippen LogP contribution in [0.3, 0.4) is 0 Å². The summed E-state index contributed by atoms with van der Waals surface area (Å²) in [6.45, 7) is 5.82. The third-order valence-electron chi connectivity index (χ3n) is 3.03. The summed E-state index contributed by atoms with van der Waals surface area (Å²) in [5.41, 5.74) is 0.916. The van der Waals surface area contributed by atoms with Crippen molar-refractivity contribution in [2.24, 2.45) is 7.05 Å². The number of fused-ring (bicyclic) bond motifs is 1. The molecule has 116 valence electrons. The standard InChI is InChI=1S/C13H19N3O3S2/c1-5-6-21(18,19)15-12(17)10-7-9-11(8(2)3)14-16(4)13(9)20-10/h7-8H,5-6H2,1-4H3,(H,15,17). The lowest BCUT2D eigenvalue weighted by Crippen LogP contribution is -2.31. The monoisotopic (exact) mass is 329 g/mol. The minimum Gasteiger partial charge on any atom is -0.267 e. The Morgan fingerprint density at radius 3 is 2.71 bits per heavy atom. The molecular weight excluding hydrogens is 310 g/mol. The molecule has 2 aromatic heterocycles. The lowest BCUT2D eigenvalue weighted by Gasteiger charge is -2.03. The highest BCUT2D eigenvalue weighted by atomic mass is 32.2. The van der Waals surface area contributed by atoms with Crippen LogP contribution in [0.4, 0.5) is 0 Å².